The monoisotopic (exact) mass is 320 g/mol. The molecule has 0 radical (unpaired) electrons. The SMILES string of the molecule is Cc1cc(C2C(=O)OC(=O)C2c2cc(C)sc2C)c(C)s1. The molecule has 0 aliphatic carbocycles. The molecule has 1 aliphatic rings. The van der Waals surface area contributed by atoms with E-state index < -0.39 is 23.8 Å². The number of hydrogen-bond donors (Lipinski definition) is 0. The maximum atomic E-state index is 12.2. The molecule has 3 nitrogen and oxygen atoms in total. The summed E-state index contributed by atoms with van der Waals surface area (Å²) in [5.41, 5.74) is 1.86. The van der Waals surface area contributed by atoms with E-state index in [-0.39, 0.29) is 0 Å². The predicted octanol–water partition coefficient (Wildman–Crippen LogP) is 3.99. The van der Waals surface area contributed by atoms with E-state index in [0.717, 1.165) is 30.6 Å². The van der Waals surface area contributed by atoms with Crippen molar-refractivity contribution in [1.29, 1.82) is 0 Å². The molecule has 2 unspecified atom stereocenters. The highest BCUT2D eigenvalue weighted by Crippen LogP contribution is 2.45. The lowest BCUT2D eigenvalue weighted by Crippen LogP contribution is -2.14. The lowest BCUT2D eigenvalue weighted by molar-refractivity contribution is -0.152. The zero-order valence-electron chi connectivity index (χ0n) is 12.4. The van der Waals surface area contributed by atoms with Crippen LogP contribution in [0.4, 0.5) is 0 Å². The molecule has 5 heteroatoms. The van der Waals surface area contributed by atoms with Gasteiger partial charge in [-0.1, -0.05) is 0 Å². The summed E-state index contributed by atoms with van der Waals surface area (Å²) in [5.74, 6) is -1.85. The van der Waals surface area contributed by atoms with Crippen LogP contribution in [0.3, 0.4) is 0 Å². The Morgan fingerprint density at radius 1 is 0.810 bits per heavy atom. The van der Waals surface area contributed by atoms with Crippen molar-refractivity contribution in [2.24, 2.45) is 0 Å². The third kappa shape index (κ3) is 2.34. The van der Waals surface area contributed by atoms with Crippen molar-refractivity contribution in [2.45, 2.75) is 39.5 Å². The number of cyclic esters (lactones) is 2. The predicted molar refractivity (Wildman–Crippen MR) is 84.2 cm³/mol. The van der Waals surface area contributed by atoms with E-state index in [4.69, 9.17) is 4.74 Å². The van der Waals surface area contributed by atoms with Crippen LogP contribution in [0.2, 0.25) is 0 Å². The number of ether oxygens (including phenoxy) is 1. The van der Waals surface area contributed by atoms with Gasteiger partial charge in [0.05, 0.1) is 0 Å². The summed E-state index contributed by atoms with van der Waals surface area (Å²) in [6.07, 6.45) is 0. The Morgan fingerprint density at radius 2 is 1.19 bits per heavy atom. The molecule has 0 saturated carbocycles. The minimum Gasteiger partial charge on any atom is -0.392 e. The van der Waals surface area contributed by atoms with Gasteiger partial charge in [0.15, 0.2) is 0 Å². The average molecular weight is 320 g/mol. The maximum Gasteiger partial charge on any atom is 0.322 e. The molecule has 2 atom stereocenters. The Balaban J connectivity index is 2.13. The summed E-state index contributed by atoms with van der Waals surface area (Å²) in [4.78, 5) is 28.9. The molecule has 1 aliphatic heterocycles. The van der Waals surface area contributed by atoms with Gasteiger partial charge in [-0.05, 0) is 51.0 Å². The fourth-order valence-electron chi connectivity index (χ4n) is 3.03. The first kappa shape index (κ1) is 14.5. The fourth-order valence-corrected chi connectivity index (χ4v) is 4.98. The highest BCUT2D eigenvalue weighted by molar-refractivity contribution is 7.12. The van der Waals surface area contributed by atoms with Gasteiger partial charge in [0.25, 0.3) is 0 Å². The van der Waals surface area contributed by atoms with Gasteiger partial charge in [0.1, 0.15) is 11.8 Å². The number of aryl methyl sites for hydroxylation is 4. The molecule has 3 rings (SSSR count). The van der Waals surface area contributed by atoms with Crippen LogP contribution >= 0.6 is 22.7 Å². The summed E-state index contributed by atoms with van der Waals surface area (Å²) in [7, 11) is 0. The number of carbonyl (C=O) groups is 2. The molecule has 0 N–H and O–H groups in total. The summed E-state index contributed by atoms with van der Waals surface area (Å²) in [6, 6.07) is 4.01. The van der Waals surface area contributed by atoms with Gasteiger partial charge in [-0.15, -0.1) is 22.7 Å². The zero-order chi connectivity index (χ0) is 15.3. The van der Waals surface area contributed by atoms with Crippen LogP contribution in [0.5, 0.6) is 0 Å². The highest BCUT2D eigenvalue weighted by Gasteiger charge is 2.47. The minimum absolute atomic E-state index is 0.422. The van der Waals surface area contributed by atoms with E-state index in [1.807, 2.05) is 39.8 Å². The van der Waals surface area contributed by atoms with Crippen molar-refractivity contribution in [3.63, 3.8) is 0 Å². The highest BCUT2D eigenvalue weighted by atomic mass is 32.1. The lowest BCUT2D eigenvalue weighted by Gasteiger charge is -2.13. The quantitative estimate of drug-likeness (QED) is 0.620. The molecular weight excluding hydrogens is 304 g/mol. The molecule has 0 spiro atoms. The number of esters is 2. The van der Waals surface area contributed by atoms with Crippen molar-refractivity contribution in [3.8, 4) is 0 Å². The maximum absolute atomic E-state index is 12.2. The van der Waals surface area contributed by atoms with Gasteiger partial charge >= 0.3 is 11.9 Å². The zero-order valence-corrected chi connectivity index (χ0v) is 14.0. The van der Waals surface area contributed by atoms with Gasteiger partial charge in [-0.3, -0.25) is 9.59 Å². The molecule has 21 heavy (non-hydrogen) atoms. The van der Waals surface area contributed by atoms with E-state index >= 15 is 0 Å². The van der Waals surface area contributed by atoms with Gasteiger partial charge in [-0.25, -0.2) is 0 Å². The van der Waals surface area contributed by atoms with Crippen molar-refractivity contribution >= 4 is 34.6 Å². The molecular formula is C16H16O3S2. The third-order valence-corrected chi connectivity index (χ3v) is 5.83. The van der Waals surface area contributed by atoms with Crippen LogP contribution in [0.1, 0.15) is 42.5 Å². The Bertz CT molecular complexity index is 677. The van der Waals surface area contributed by atoms with Crippen molar-refractivity contribution in [3.05, 3.63) is 42.8 Å². The summed E-state index contributed by atoms with van der Waals surface area (Å²) >= 11 is 3.30. The van der Waals surface area contributed by atoms with Crippen LogP contribution in [0.15, 0.2) is 12.1 Å². The number of carbonyl (C=O) groups excluding carboxylic acids is 2. The van der Waals surface area contributed by atoms with Crippen LogP contribution in [-0.4, -0.2) is 11.9 Å². The van der Waals surface area contributed by atoms with Gasteiger partial charge in [0, 0.05) is 19.5 Å². The average Bonchev–Trinajstić information content (AvgIpc) is 2.96. The van der Waals surface area contributed by atoms with Crippen LogP contribution in [0, 0.1) is 27.7 Å². The third-order valence-electron chi connectivity index (χ3n) is 3.87. The van der Waals surface area contributed by atoms with Gasteiger partial charge < -0.3 is 4.74 Å². The molecule has 2 aromatic heterocycles. The van der Waals surface area contributed by atoms with Crippen LogP contribution in [-0.2, 0) is 14.3 Å². The number of thiophene rings is 2. The van der Waals surface area contributed by atoms with Gasteiger partial charge in [-0.2, -0.15) is 0 Å². The first-order chi connectivity index (χ1) is 9.88. The summed E-state index contributed by atoms with van der Waals surface area (Å²) in [5, 5.41) is 0. The fraction of sp³-hybridized carbons (Fsp3) is 0.375. The van der Waals surface area contributed by atoms with Crippen LogP contribution < -0.4 is 0 Å². The minimum atomic E-state index is -0.504. The number of hydrogen-bond acceptors (Lipinski definition) is 5. The topological polar surface area (TPSA) is 43.4 Å². The summed E-state index contributed by atoms with van der Waals surface area (Å²) < 4.78 is 4.96. The smallest absolute Gasteiger partial charge is 0.322 e. The lowest BCUT2D eigenvalue weighted by atomic mass is 9.83. The molecule has 110 valence electrons. The first-order valence-electron chi connectivity index (χ1n) is 6.78. The largest absolute Gasteiger partial charge is 0.392 e. The molecule has 2 aromatic rings. The van der Waals surface area contributed by atoms with Crippen molar-refractivity contribution in [1.82, 2.24) is 0 Å². The molecule has 3 heterocycles. The Labute approximate surface area is 131 Å². The second-order valence-electron chi connectivity index (χ2n) is 5.43. The van der Waals surface area contributed by atoms with Crippen LogP contribution in [0.25, 0.3) is 0 Å². The molecule has 0 bridgehead atoms. The molecule has 1 fully saturated rings. The molecule has 1 saturated heterocycles. The molecule has 0 aromatic carbocycles. The van der Waals surface area contributed by atoms with Crippen molar-refractivity contribution in [2.75, 3.05) is 0 Å². The van der Waals surface area contributed by atoms with Gasteiger partial charge in [0.2, 0.25) is 0 Å². The second-order valence-corrected chi connectivity index (χ2v) is 8.35. The van der Waals surface area contributed by atoms with Crippen molar-refractivity contribution < 1.29 is 14.3 Å². The summed E-state index contributed by atoms with van der Waals surface area (Å²) in [6.45, 7) is 8.01. The normalized spacial score (nSPS) is 21.9. The second kappa shape index (κ2) is 5.07. The Hall–Kier alpha value is -1.46. The number of rotatable bonds is 2. The first-order valence-corrected chi connectivity index (χ1v) is 8.41. The standard InChI is InChI=1S/C16H16O3S2/c1-7-5-11(9(3)20-7)13-14(16(18)19-15(13)17)12-6-8(2)21-10(12)4/h5-6,13-14H,1-4H3. The van der Waals surface area contributed by atoms with E-state index in [1.54, 1.807) is 22.7 Å². The Kier molecular flexibility index (Phi) is 3.50. The van der Waals surface area contributed by atoms with E-state index in [1.165, 1.54) is 0 Å². The van der Waals surface area contributed by atoms with E-state index in [2.05, 4.69) is 0 Å². The molecule has 0 amide bonds. The van der Waals surface area contributed by atoms with E-state index in [0.29, 0.717) is 0 Å². The Morgan fingerprint density at radius 3 is 1.48 bits per heavy atom. The van der Waals surface area contributed by atoms with E-state index in [9.17, 15) is 9.59 Å².